The molecule has 42 heavy (non-hydrogen) atoms. The second-order valence-electron chi connectivity index (χ2n) is 9.54. The van der Waals surface area contributed by atoms with Gasteiger partial charge in [0.1, 0.15) is 12.2 Å². The number of hydrogen-bond donors (Lipinski definition) is 3. The van der Waals surface area contributed by atoms with Crippen LogP contribution in [0.3, 0.4) is 0 Å². The Morgan fingerprint density at radius 1 is 0.881 bits per heavy atom. The molecule has 0 radical (unpaired) electrons. The molecule has 2 aromatic carbocycles. The Labute approximate surface area is 239 Å². The van der Waals surface area contributed by atoms with E-state index in [1.807, 2.05) is 5.32 Å². The van der Waals surface area contributed by atoms with E-state index in [0.717, 1.165) is 23.0 Å². The number of Topliss-reactive ketones (excluding diaryl/α,β-unsaturated/α-hetero) is 1. The molecule has 1 heterocycles. The number of aromatic nitrogens is 1. The summed E-state index contributed by atoms with van der Waals surface area (Å²) >= 11 is 0. The largest absolute Gasteiger partial charge is 0.452 e. The minimum Gasteiger partial charge on any atom is -0.344 e. The number of nitrogens with zero attached hydrogens (tertiary/aromatic N) is 1. The molecule has 0 saturated heterocycles. The molecule has 11 nitrogen and oxygen atoms in total. The zero-order chi connectivity index (χ0) is 31.5. The van der Waals surface area contributed by atoms with Crippen LogP contribution in [0.15, 0.2) is 76.4 Å². The second kappa shape index (κ2) is 12.4. The maximum atomic E-state index is 13.5. The summed E-state index contributed by atoms with van der Waals surface area (Å²) in [6.45, 7) is 1.80. The Hall–Kier alpha value is -4.18. The van der Waals surface area contributed by atoms with Gasteiger partial charge >= 0.3 is 6.18 Å². The lowest BCUT2D eigenvalue weighted by Gasteiger charge is -2.23. The van der Waals surface area contributed by atoms with Crippen LogP contribution in [0.1, 0.15) is 13.8 Å². The molecule has 0 bridgehead atoms. The number of carbonyl (C=O) groups is 2. The fourth-order valence-corrected chi connectivity index (χ4v) is 5.49. The number of hydrogen-bond acceptors (Lipinski definition) is 7. The van der Waals surface area contributed by atoms with Gasteiger partial charge in [0, 0.05) is 5.69 Å². The van der Waals surface area contributed by atoms with Crippen molar-refractivity contribution >= 4 is 43.1 Å². The summed E-state index contributed by atoms with van der Waals surface area (Å²) in [5.41, 5.74) is -0.780. The lowest BCUT2D eigenvalue weighted by atomic mass is 9.99. The lowest BCUT2D eigenvalue weighted by molar-refractivity contribution is -0.174. The highest BCUT2D eigenvalue weighted by molar-refractivity contribution is 7.92. The summed E-state index contributed by atoms with van der Waals surface area (Å²) in [5.74, 6) is -4.16. The van der Waals surface area contributed by atoms with E-state index in [-0.39, 0.29) is 16.3 Å². The summed E-state index contributed by atoms with van der Waals surface area (Å²) in [6.07, 6.45) is -4.29. The Morgan fingerprint density at radius 2 is 1.48 bits per heavy atom. The predicted octanol–water partition coefficient (Wildman–Crippen LogP) is 2.96. The first kappa shape index (κ1) is 32.3. The molecule has 0 spiro atoms. The van der Waals surface area contributed by atoms with Gasteiger partial charge in [-0.05, 0) is 47.9 Å². The first-order valence-corrected chi connectivity index (χ1v) is 15.6. The van der Waals surface area contributed by atoms with Crippen LogP contribution in [-0.4, -0.2) is 51.6 Å². The number of rotatable bonds is 11. The normalized spacial score (nSPS) is 12.9. The lowest BCUT2D eigenvalue weighted by Crippen LogP contribution is -2.50. The minimum atomic E-state index is -5.20. The number of anilines is 2. The van der Waals surface area contributed by atoms with Crippen LogP contribution in [0.4, 0.5) is 24.5 Å². The smallest absolute Gasteiger partial charge is 0.344 e. The first-order valence-electron chi connectivity index (χ1n) is 12.2. The highest BCUT2D eigenvalue weighted by Gasteiger charge is 2.45. The number of sulfonamides is 2. The van der Waals surface area contributed by atoms with Crippen molar-refractivity contribution in [3.05, 3.63) is 77.1 Å². The summed E-state index contributed by atoms with van der Waals surface area (Å²) in [5, 5.41) is 2.04. The van der Waals surface area contributed by atoms with Gasteiger partial charge in [-0.3, -0.25) is 28.4 Å². The quantitative estimate of drug-likeness (QED) is 0.294. The summed E-state index contributed by atoms with van der Waals surface area (Å²) in [4.78, 5) is 37.9. The van der Waals surface area contributed by atoms with Gasteiger partial charge < -0.3 is 5.32 Å². The molecular weight excluding hydrogens is 601 g/mol. The summed E-state index contributed by atoms with van der Waals surface area (Å²) < 4.78 is 93.2. The average molecular weight is 629 g/mol. The van der Waals surface area contributed by atoms with Crippen LogP contribution in [0.25, 0.3) is 11.3 Å². The number of alkyl halides is 3. The third-order valence-electron chi connectivity index (χ3n) is 5.80. The molecule has 1 amide bonds. The van der Waals surface area contributed by atoms with Gasteiger partial charge in [0.25, 0.3) is 21.4 Å². The zero-order valence-electron chi connectivity index (χ0n) is 22.5. The monoisotopic (exact) mass is 628 g/mol. The van der Waals surface area contributed by atoms with E-state index in [1.165, 1.54) is 38.1 Å². The van der Waals surface area contributed by atoms with Crippen LogP contribution in [0.5, 0.6) is 0 Å². The average Bonchev–Trinajstić information content (AvgIpc) is 2.88. The molecule has 16 heteroatoms. The van der Waals surface area contributed by atoms with E-state index >= 15 is 0 Å². The van der Waals surface area contributed by atoms with Gasteiger partial charge in [0.2, 0.25) is 15.9 Å². The van der Waals surface area contributed by atoms with Crippen LogP contribution >= 0.6 is 0 Å². The standard InChI is InChI=1S/C26H27F3N4O7S2/c1-16(2)23(24(35)26(27,28)29)30-22(34)15-33-21(17-7-5-4-6-8-17)14-13-20(25(33)36)32-42(39,40)19-11-9-18(10-12-19)31-41(3,37)38/h4-14,16,23,31-32H,15H2,1-3H3,(H,30,34). The molecule has 1 atom stereocenters. The molecule has 0 aliphatic heterocycles. The van der Waals surface area contributed by atoms with Gasteiger partial charge in [-0.2, -0.15) is 13.2 Å². The van der Waals surface area contributed by atoms with Gasteiger partial charge in [0.05, 0.1) is 22.9 Å². The Morgan fingerprint density at radius 3 is 2.00 bits per heavy atom. The summed E-state index contributed by atoms with van der Waals surface area (Å²) in [7, 11) is -8.00. The van der Waals surface area contributed by atoms with E-state index < -0.39 is 67.7 Å². The van der Waals surface area contributed by atoms with Crippen molar-refractivity contribution < 1.29 is 39.6 Å². The van der Waals surface area contributed by atoms with Gasteiger partial charge in [0.15, 0.2) is 0 Å². The highest BCUT2D eigenvalue weighted by Crippen LogP contribution is 2.23. The van der Waals surface area contributed by atoms with Crippen molar-refractivity contribution in [2.75, 3.05) is 15.7 Å². The second-order valence-corrected chi connectivity index (χ2v) is 13.0. The fourth-order valence-electron chi connectivity index (χ4n) is 3.87. The Balaban J connectivity index is 1.99. The van der Waals surface area contributed by atoms with E-state index in [2.05, 4.69) is 9.44 Å². The van der Waals surface area contributed by atoms with Crippen molar-refractivity contribution in [1.29, 1.82) is 0 Å². The van der Waals surface area contributed by atoms with Crippen LogP contribution < -0.4 is 20.3 Å². The molecule has 0 aliphatic carbocycles. The van der Waals surface area contributed by atoms with Crippen LogP contribution in [0, 0.1) is 5.92 Å². The number of ketones is 1. The van der Waals surface area contributed by atoms with E-state index in [9.17, 15) is 44.4 Å². The van der Waals surface area contributed by atoms with Crippen molar-refractivity contribution in [2.45, 2.75) is 37.5 Å². The Bertz CT molecular complexity index is 1740. The Kier molecular flexibility index (Phi) is 9.52. The number of pyridine rings is 1. The third-order valence-corrected chi connectivity index (χ3v) is 7.79. The molecule has 3 N–H and O–H groups in total. The van der Waals surface area contributed by atoms with Crippen molar-refractivity contribution in [2.24, 2.45) is 5.92 Å². The van der Waals surface area contributed by atoms with Crippen molar-refractivity contribution in [3.63, 3.8) is 0 Å². The van der Waals surface area contributed by atoms with E-state index in [1.54, 1.807) is 30.3 Å². The number of carbonyl (C=O) groups excluding carboxylic acids is 2. The van der Waals surface area contributed by atoms with Gasteiger partial charge in [-0.25, -0.2) is 16.8 Å². The molecule has 3 aromatic rings. The number of halogens is 3. The number of nitrogens with one attached hydrogen (secondary N) is 3. The van der Waals surface area contributed by atoms with E-state index in [0.29, 0.717) is 5.56 Å². The van der Waals surface area contributed by atoms with E-state index in [4.69, 9.17) is 0 Å². The minimum absolute atomic E-state index is 0.0979. The maximum absolute atomic E-state index is 13.5. The third kappa shape index (κ3) is 8.19. The zero-order valence-corrected chi connectivity index (χ0v) is 24.1. The van der Waals surface area contributed by atoms with Gasteiger partial charge in [-0.1, -0.05) is 44.2 Å². The molecule has 226 valence electrons. The SMILES string of the molecule is CC(C)C(NC(=O)Cn1c(-c2ccccc2)ccc(NS(=O)(=O)c2ccc(NS(C)(=O)=O)cc2)c1=O)C(=O)C(F)(F)F. The molecule has 0 saturated carbocycles. The fraction of sp³-hybridized carbons (Fsp3) is 0.269. The molecule has 0 aliphatic rings. The number of benzene rings is 2. The van der Waals surface area contributed by atoms with Crippen LogP contribution in [0.2, 0.25) is 0 Å². The van der Waals surface area contributed by atoms with Crippen molar-refractivity contribution in [1.82, 2.24) is 9.88 Å². The molecular formula is C26H27F3N4O7S2. The molecule has 3 rings (SSSR count). The maximum Gasteiger partial charge on any atom is 0.452 e. The molecule has 1 unspecified atom stereocenters. The first-order chi connectivity index (χ1) is 19.4. The molecule has 1 aromatic heterocycles. The van der Waals surface area contributed by atoms with Gasteiger partial charge in [-0.15, -0.1) is 0 Å². The van der Waals surface area contributed by atoms with Crippen LogP contribution in [-0.2, 0) is 36.2 Å². The highest BCUT2D eigenvalue weighted by atomic mass is 32.2. The molecule has 0 fully saturated rings. The number of amides is 1. The van der Waals surface area contributed by atoms with Crippen molar-refractivity contribution in [3.8, 4) is 11.3 Å². The predicted molar refractivity (Wildman–Crippen MR) is 150 cm³/mol. The summed E-state index contributed by atoms with van der Waals surface area (Å²) in [6, 6.07) is 13.4. The topological polar surface area (TPSA) is 161 Å².